The summed E-state index contributed by atoms with van der Waals surface area (Å²) in [7, 11) is 1.65. The quantitative estimate of drug-likeness (QED) is 0.646. The van der Waals surface area contributed by atoms with Crippen LogP contribution < -0.4 is 15.9 Å². The number of ether oxygens (including phenoxy) is 1. The van der Waals surface area contributed by atoms with E-state index in [1.807, 2.05) is 6.07 Å². The Balaban J connectivity index is 1.82. The Labute approximate surface area is 188 Å². The van der Waals surface area contributed by atoms with Gasteiger partial charge in [0.1, 0.15) is 11.6 Å². The van der Waals surface area contributed by atoms with Crippen LogP contribution in [0.4, 0.5) is 10.2 Å². The van der Waals surface area contributed by atoms with Crippen molar-refractivity contribution in [3.05, 3.63) is 51.7 Å². The van der Waals surface area contributed by atoms with Crippen LogP contribution in [0, 0.1) is 5.82 Å². The van der Waals surface area contributed by atoms with Gasteiger partial charge in [-0.05, 0) is 23.8 Å². The van der Waals surface area contributed by atoms with E-state index in [1.165, 1.54) is 12.1 Å². The van der Waals surface area contributed by atoms with Crippen LogP contribution in [0.3, 0.4) is 0 Å². The molecule has 1 fully saturated rings. The monoisotopic (exact) mass is 460 g/mol. The zero-order chi connectivity index (χ0) is 21.5. The Morgan fingerprint density at radius 1 is 1.26 bits per heavy atom. The molecule has 0 unspecified atom stereocenters. The van der Waals surface area contributed by atoms with Gasteiger partial charge in [0.15, 0.2) is 0 Å². The minimum Gasteiger partial charge on any atom is -0.379 e. The number of anilines is 1. The van der Waals surface area contributed by atoms with Crippen LogP contribution in [0.25, 0.3) is 22.0 Å². The Kier molecular flexibility index (Phi) is 5.64. The summed E-state index contributed by atoms with van der Waals surface area (Å²) in [6.07, 6.45) is -0.134. The molecule has 31 heavy (non-hydrogen) atoms. The largest absolute Gasteiger partial charge is 0.379 e. The number of aromatic nitrogens is 2. The molecular weight excluding hydrogens is 439 g/mol. The first-order valence-corrected chi connectivity index (χ1v) is 11.6. The molecule has 2 aliphatic heterocycles. The molecule has 9 heteroatoms. The normalized spacial score (nSPS) is 18.9. The van der Waals surface area contributed by atoms with Gasteiger partial charge in [-0.15, -0.1) is 11.8 Å². The Morgan fingerprint density at radius 3 is 2.71 bits per heavy atom. The summed E-state index contributed by atoms with van der Waals surface area (Å²) in [5.41, 5.74) is 2.15. The van der Waals surface area contributed by atoms with Crippen LogP contribution in [0.1, 0.15) is 0 Å². The van der Waals surface area contributed by atoms with Gasteiger partial charge in [-0.2, -0.15) is 4.98 Å². The topological polar surface area (TPSA) is 59.4 Å². The molecule has 1 saturated heterocycles. The van der Waals surface area contributed by atoms with Crippen LogP contribution in [0.15, 0.2) is 40.0 Å². The molecule has 1 atom stereocenters. The molecule has 2 aromatic carbocycles. The molecule has 162 valence electrons. The summed E-state index contributed by atoms with van der Waals surface area (Å²) >= 11 is 8.44. The number of rotatable bonds is 3. The summed E-state index contributed by atoms with van der Waals surface area (Å²) in [5.74, 6) is 1.04. The van der Waals surface area contributed by atoms with Gasteiger partial charge in [0.05, 0.1) is 23.2 Å². The fourth-order valence-electron chi connectivity index (χ4n) is 4.25. The molecule has 0 amide bonds. The van der Waals surface area contributed by atoms with Gasteiger partial charge in [-0.25, -0.2) is 9.18 Å². The maximum Gasteiger partial charge on any atom is 0.350 e. The molecule has 0 bridgehead atoms. The number of nitrogens with zero attached hydrogens (tertiary/aromatic N) is 3. The number of methoxy groups -OCH3 is 1. The SMILES string of the molecule is CO[C@H]1CSc2c(-c3ccc(F)cc3)c(Cl)cc3c(N4CCNCC4)nc(=O)n(c23)C1. The lowest BCUT2D eigenvalue weighted by molar-refractivity contribution is 0.107. The average molecular weight is 461 g/mol. The first-order chi connectivity index (χ1) is 15.1. The van der Waals surface area contributed by atoms with E-state index in [0.29, 0.717) is 23.1 Å². The second-order valence-corrected chi connectivity index (χ2v) is 9.14. The number of hydrogen-bond acceptors (Lipinski definition) is 6. The molecular formula is C22H22ClFN4O2S. The average Bonchev–Trinajstić information content (AvgIpc) is 2.98. The summed E-state index contributed by atoms with van der Waals surface area (Å²) < 4.78 is 20.9. The van der Waals surface area contributed by atoms with Gasteiger partial charge in [-0.3, -0.25) is 4.57 Å². The predicted molar refractivity (Wildman–Crippen MR) is 123 cm³/mol. The number of thioether (sulfide) groups is 1. The van der Waals surface area contributed by atoms with Crippen LogP contribution >= 0.6 is 23.4 Å². The van der Waals surface area contributed by atoms with Gasteiger partial charge < -0.3 is 15.0 Å². The Hall–Kier alpha value is -2.13. The molecule has 5 rings (SSSR count). The molecule has 3 heterocycles. The van der Waals surface area contributed by atoms with Crippen molar-refractivity contribution < 1.29 is 9.13 Å². The number of nitrogens with one attached hydrogen (secondary N) is 1. The first kappa shape index (κ1) is 20.8. The minimum absolute atomic E-state index is 0.134. The van der Waals surface area contributed by atoms with E-state index in [-0.39, 0.29) is 17.6 Å². The van der Waals surface area contributed by atoms with Crippen molar-refractivity contribution in [3.8, 4) is 11.1 Å². The minimum atomic E-state index is -0.305. The lowest BCUT2D eigenvalue weighted by atomic mass is 10.0. The van der Waals surface area contributed by atoms with Gasteiger partial charge >= 0.3 is 5.69 Å². The maximum absolute atomic E-state index is 13.6. The van der Waals surface area contributed by atoms with Crippen molar-refractivity contribution >= 4 is 40.1 Å². The molecule has 0 radical (unpaired) electrons. The molecule has 6 nitrogen and oxygen atoms in total. The van der Waals surface area contributed by atoms with Gasteiger partial charge in [0, 0.05) is 54.9 Å². The molecule has 1 aromatic heterocycles. The van der Waals surface area contributed by atoms with Crippen LogP contribution in [0.2, 0.25) is 5.02 Å². The maximum atomic E-state index is 13.6. The molecule has 0 saturated carbocycles. The third kappa shape index (κ3) is 3.71. The van der Waals surface area contributed by atoms with Gasteiger partial charge in [0.25, 0.3) is 0 Å². The summed E-state index contributed by atoms with van der Waals surface area (Å²) in [4.78, 5) is 20.7. The van der Waals surface area contributed by atoms with Gasteiger partial charge in [-0.1, -0.05) is 23.7 Å². The second-order valence-electron chi connectivity index (χ2n) is 7.70. The molecule has 0 spiro atoms. The van der Waals surface area contributed by atoms with E-state index in [4.69, 9.17) is 16.3 Å². The molecule has 2 aliphatic rings. The highest BCUT2D eigenvalue weighted by molar-refractivity contribution is 7.99. The standard InChI is InChI=1S/C22H22ClFN4O2S/c1-30-15-11-28-19-16(21(26-22(28)29)27-8-6-25-7-9-27)10-17(23)18(20(19)31-12-15)13-2-4-14(24)5-3-13/h2-5,10,15,25H,6-9,11-12H2,1H3/t15-/m1/s1. The third-order valence-electron chi connectivity index (χ3n) is 5.83. The Morgan fingerprint density at radius 2 is 2.00 bits per heavy atom. The lowest BCUT2D eigenvalue weighted by Crippen LogP contribution is -2.45. The van der Waals surface area contributed by atoms with Crippen LogP contribution in [-0.2, 0) is 11.3 Å². The van der Waals surface area contributed by atoms with Crippen molar-refractivity contribution in [3.63, 3.8) is 0 Å². The highest BCUT2D eigenvalue weighted by atomic mass is 35.5. The van der Waals surface area contributed by atoms with Crippen molar-refractivity contribution in [2.24, 2.45) is 0 Å². The molecule has 0 aliphatic carbocycles. The summed E-state index contributed by atoms with van der Waals surface area (Å²) in [6.45, 7) is 3.63. The van der Waals surface area contributed by atoms with E-state index in [0.717, 1.165) is 53.1 Å². The fraction of sp³-hybridized carbons (Fsp3) is 0.364. The first-order valence-electron chi connectivity index (χ1n) is 10.2. The van der Waals surface area contributed by atoms with E-state index in [9.17, 15) is 9.18 Å². The van der Waals surface area contributed by atoms with E-state index in [1.54, 1.807) is 35.6 Å². The fourth-order valence-corrected chi connectivity index (χ4v) is 5.94. The van der Waals surface area contributed by atoms with Gasteiger partial charge in [0.2, 0.25) is 0 Å². The summed E-state index contributed by atoms with van der Waals surface area (Å²) in [5, 5.41) is 4.75. The van der Waals surface area contributed by atoms with Crippen molar-refractivity contribution in [1.82, 2.24) is 14.9 Å². The number of piperazine rings is 1. The lowest BCUT2D eigenvalue weighted by Gasteiger charge is -2.30. The van der Waals surface area contributed by atoms with Crippen LogP contribution in [-0.4, -0.2) is 54.7 Å². The van der Waals surface area contributed by atoms with Crippen molar-refractivity contribution in [1.29, 1.82) is 0 Å². The molecule has 1 N–H and O–H groups in total. The third-order valence-corrected chi connectivity index (χ3v) is 7.36. The highest BCUT2D eigenvalue weighted by Gasteiger charge is 2.28. The van der Waals surface area contributed by atoms with E-state index in [2.05, 4.69) is 15.2 Å². The zero-order valence-electron chi connectivity index (χ0n) is 17.0. The number of halogens is 2. The number of hydrogen-bond donors (Lipinski definition) is 1. The smallest absolute Gasteiger partial charge is 0.350 e. The zero-order valence-corrected chi connectivity index (χ0v) is 18.6. The van der Waals surface area contributed by atoms with E-state index < -0.39 is 0 Å². The predicted octanol–water partition coefficient (Wildman–Crippen LogP) is 3.39. The summed E-state index contributed by atoms with van der Waals surface area (Å²) in [6, 6.07) is 8.19. The second kappa shape index (κ2) is 8.43. The Bertz CT molecular complexity index is 1200. The molecule has 3 aromatic rings. The van der Waals surface area contributed by atoms with E-state index >= 15 is 0 Å². The number of benzene rings is 2. The highest BCUT2D eigenvalue weighted by Crippen LogP contribution is 2.45. The van der Waals surface area contributed by atoms with Crippen molar-refractivity contribution in [2.75, 3.05) is 43.9 Å². The van der Waals surface area contributed by atoms with Crippen molar-refractivity contribution in [2.45, 2.75) is 17.5 Å². The van der Waals surface area contributed by atoms with Crippen LogP contribution in [0.5, 0.6) is 0 Å².